The molecule has 0 radical (unpaired) electrons. The van der Waals surface area contributed by atoms with Gasteiger partial charge >= 0.3 is 0 Å². The first-order chi connectivity index (χ1) is 11.8. The smallest absolute Gasteiger partial charge is 0.192 e. The van der Waals surface area contributed by atoms with Crippen molar-refractivity contribution in [2.45, 2.75) is 115 Å². The molecule has 4 nitrogen and oxygen atoms in total. The zero-order chi connectivity index (χ0) is 19.6. The molecule has 2 aliphatic carbocycles. The van der Waals surface area contributed by atoms with Crippen LogP contribution in [0.1, 0.15) is 79.6 Å². The van der Waals surface area contributed by atoms with Gasteiger partial charge in [-0.15, -0.1) is 0 Å². The molecule has 26 heavy (non-hydrogen) atoms. The molecule has 1 aliphatic heterocycles. The zero-order valence-electron chi connectivity index (χ0n) is 17.7. The van der Waals surface area contributed by atoms with Gasteiger partial charge in [0.05, 0.1) is 6.10 Å². The van der Waals surface area contributed by atoms with E-state index in [0.717, 1.165) is 25.7 Å². The van der Waals surface area contributed by atoms with Gasteiger partial charge in [0.25, 0.3) is 0 Å². The van der Waals surface area contributed by atoms with Crippen LogP contribution in [0, 0.1) is 5.41 Å². The largest absolute Gasteiger partial charge is 0.413 e. The summed E-state index contributed by atoms with van der Waals surface area (Å²) in [5, 5.41) is 0.173. The molecule has 3 fully saturated rings. The van der Waals surface area contributed by atoms with E-state index in [4.69, 9.17) is 9.16 Å². The topological polar surface area (TPSA) is 55.9 Å². The summed E-state index contributed by atoms with van der Waals surface area (Å²) < 4.78 is 13.2. The van der Waals surface area contributed by atoms with E-state index in [2.05, 4.69) is 40.8 Å². The van der Waals surface area contributed by atoms with E-state index in [1.54, 1.807) is 6.92 Å². The second kappa shape index (κ2) is 5.99. The van der Waals surface area contributed by atoms with E-state index in [-0.39, 0.29) is 33.7 Å². The highest BCUT2D eigenvalue weighted by molar-refractivity contribution is 6.74. The summed E-state index contributed by atoms with van der Waals surface area (Å²) in [5.41, 5.74) is -1.08. The van der Waals surface area contributed by atoms with Crippen molar-refractivity contribution in [2.24, 2.45) is 5.41 Å². The lowest BCUT2D eigenvalue weighted by molar-refractivity contribution is -0.127. The molecule has 3 aliphatic rings. The SMILES string of the molecule is CC(=O)CCC[C@@]12O[C@@]13CC[C@H](O[Si](C)(C)C(C)(C)C)[C@@]3(C)CCC2=O. The third-order valence-electron chi connectivity index (χ3n) is 7.97. The quantitative estimate of drug-likeness (QED) is 0.490. The monoisotopic (exact) mass is 380 g/mol. The lowest BCUT2D eigenvalue weighted by atomic mass is 9.62. The second-order valence-corrected chi connectivity index (χ2v) is 15.3. The summed E-state index contributed by atoms with van der Waals surface area (Å²) in [6.07, 6.45) is 5.47. The van der Waals surface area contributed by atoms with Gasteiger partial charge in [-0.25, -0.2) is 0 Å². The minimum atomic E-state index is -1.87. The first-order valence-electron chi connectivity index (χ1n) is 10.2. The predicted molar refractivity (Wildman–Crippen MR) is 105 cm³/mol. The zero-order valence-corrected chi connectivity index (χ0v) is 18.7. The summed E-state index contributed by atoms with van der Waals surface area (Å²) in [6.45, 7) is 15.3. The molecule has 1 heterocycles. The molecular weight excluding hydrogens is 344 g/mol. The average molecular weight is 381 g/mol. The van der Waals surface area contributed by atoms with Gasteiger partial charge in [0.2, 0.25) is 0 Å². The summed E-state index contributed by atoms with van der Waals surface area (Å²) in [6, 6.07) is 0. The summed E-state index contributed by atoms with van der Waals surface area (Å²) >= 11 is 0. The average Bonchev–Trinajstić information content (AvgIpc) is 3.10. The van der Waals surface area contributed by atoms with Crippen molar-refractivity contribution in [3.63, 3.8) is 0 Å². The van der Waals surface area contributed by atoms with Crippen LogP contribution in [0.5, 0.6) is 0 Å². The Bertz CT molecular complexity index is 622. The highest BCUT2D eigenvalue weighted by atomic mass is 28.4. The fourth-order valence-electron chi connectivity index (χ4n) is 5.22. The van der Waals surface area contributed by atoms with Crippen molar-refractivity contribution in [1.82, 2.24) is 0 Å². The van der Waals surface area contributed by atoms with Crippen LogP contribution in [-0.4, -0.2) is 37.2 Å². The van der Waals surface area contributed by atoms with Crippen LogP contribution in [0.2, 0.25) is 18.1 Å². The molecule has 1 spiro atoms. The van der Waals surface area contributed by atoms with Gasteiger partial charge in [-0.1, -0.05) is 27.7 Å². The van der Waals surface area contributed by atoms with Crippen LogP contribution in [0.25, 0.3) is 0 Å². The van der Waals surface area contributed by atoms with Crippen LogP contribution in [0.4, 0.5) is 0 Å². The van der Waals surface area contributed by atoms with Gasteiger partial charge in [0, 0.05) is 18.3 Å². The fourth-order valence-corrected chi connectivity index (χ4v) is 6.66. The highest BCUT2D eigenvalue weighted by Crippen LogP contribution is 2.73. The number of ether oxygens (including phenoxy) is 1. The molecule has 0 unspecified atom stereocenters. The van der Waals surface area contributed by atoms with Gasteiger partial charge in [-0.05, 0) is 57.2 Å². The normalized spacial score (nSPS) is 39.5. The Balaban J connectivity index is 1.81. The van der Waals surface area contributed by atoms with Gasteiger partial charge in [-0.3, -0.25) is 4.79 Å². The maximum atomic E-state index is 12.8. The third kappa shape index (κ3) is 2.68. The molecule has 0 aromatic carbocycles. The molecule has 2 saturated carbocycles. The van der Waals surface area contributed by atoms with Crippen molar-refractivity contribution in [3.8, 4) is 0 Å². The summed E-state index contributed by atoms with van der Waals surface area (Å²) in [7, 11) is -1.87. The molecule has 0 N–H and O–H groups in total. The van der Waals surface area contributed by atoms with Gasteiger partial charge in [0.15, 0.2) is 19.7 Å². The predicted octanol–water partition coefficient (Wildman–Crippen LogP) is 4.81. The molecule has 5 heteroatoms. The molecule has 1 saturated heterocycles. The second-order valence-electron chi connectivity index (χ2n) is 10.6. The minimum absolute atomic E-state index is 0.0906. The Hall–Kier alpha value is -0.523. The molecule has 0 aromatic heterocycles. The van der Waals surface area contributed by atoms with Gasteiger partial charge in [-0.2, -0.15) is 0 Å². The van der Waals surface area contributed by atoms with Gasteiger partial charge in [0.1, 0.15) is 11.4 Å². The Morgan fingerprint density at radius 3 is 2.54 bits per heavy atom. The van der Waals surface area contributed by atoms with Crippen molar-refractivity contribution in [3.05, 3.63) is 0 Å². The minimum Gasteiger partial charge on any atom is -0.413 e. The first kappa shape index (κ1) is 20.2. The van der Waals surface area contributed by atoms with Crippen molar-refractivity contribution < 1.29 is 18.8 Å². The van der Waals surface area contributed by atoms with E-state index in [9.17, 15) is 9.59 Å². The summed E-state index contributed by atoms with van der Waals surface area (Å²) in [5.74, 6) is 0.444. The Morgan fingerprint density at radius 2 is 1.96 bits per heavy atom. The van der Waals surface area contributed by atoms with Crippen LogP contribution in [0.3, 0.4) is 0 Å². The standard InChI is InChI=1S/C21H36O4Si/c1-15(22)9-8-12-20-16(23)10-13-19(5)17(11-14-21(19,20)25-20)24-26(6,7)18(2,3)4/h17H,8-14H2,1-7H3/t17-,19+,20-,21+/m0/s1. The van der Waals surface area contributed by atoms with Crippen LogP contribution in [-0.2, 0) is 18.8 Å². The van der Waals surface area contributed by atoms with Crippen molar-refractivity contribution in [1.29, 1.82) is 0 Å². The first-order valence-corrected chi connectivity index (χ1v) is 13.1. The maximum Gasteiger partial charge on any atom is 0.192 e. The highest BCUT2D eigenvalue weighted by Gasteiger charge is 2.84. The number of carbonyl (C=O) groups is 2. The Morgan fingerprint density at radius 1 is 1.31 bits per heavy atom. The lowest BCUT2D eigenvalue weighted by Crippen LogP contribution is -2.54. The number of epoxide rings is 1. The number of hydrogen-bond donors (Lipinski definition) is 0. The molecule has 148 valence electrons. The van der Waals surface area contributed by atoms with E-state index in [1.807, 2.05) is 0 Å². The molecule has 4 atom stereocenters. The number of hydrogen-bond acceptors (Lipinski definition) is 4. The number of carbonyl (C=O) groups excluding carboxylic acids is 2. The van der Waals surface area contributed by atoms with Crippen LogP contribution in [0.15, 0.2) is 0 Å². The van der Waals surface area contributed by atoms with Crippen molar-refractivity contribution >= 4 is 19.9 Å². The number of ketones is 2. The molecule has 0 bridgehead atoms. The van der Waals surface area contributed by atoms with E-state index in [1.165, 1.54) is 0 Å². The van der Waals surface area contributed by atoms with E-state index >= 15 is 0 Å². The van der Waals surface area contributed by atoms with Crippen LogP contribution < -0.4 is 0 Å². The Labute approximate surface area is 159 Å². The number of rotatable bonds is 6. The molecule has 0 aromatic rings. The van der Waals surface area contributed by atoms with Crippen LogP contribution >= 0.6 is 0 Å². The van der Waals surface area contributed by atoms with E-state index in [0.29, 0.717) is 19.3 Å². The molecule has 0 amide bonds. The van der Waals surface area contributed by atoms with Gasteiger partial charge < -0.3 is 14.0 Å². The lowest BCUT2D eigenvalue weighted by Gasteiger charge is -2.45. The fraction of sp³-hybridized carbons (Fsp3) is 0.905. The molecule has 3 rings (SSSR count). The van der Waals surface area contributed by atoms with Crippen molar-refractivity contribution in [2.75, 3.05) is 0 Å². The van der Waals surface area contributed by atoms with E-state index < -0.39 is 13.9 Å². The third-order valence-corrected chi connectivity index (χ3v) is 12.5. The summed E-state index contributed by atoms with van der Waals surface area (Å²) in [4.78, 5) is 24.2. The number of Topliss-reactive ketones (excluding diaryl/α,β-unsaturated/α-hetero) is 2. The maximum absolute atomic E-state index is 12.8. The Kier molecular flexibility index (Phi) is 4.65. The molecular formula is C21H36O4Si.